The van der Waals surface area contributed by atoms with E-state index in [1.165, 1.54) is 6.33 Å². The number of likely N-dealkylation sites (tertiary alicyclic amines) is 1. The predicted octanol–water partition coefficient (Wildman–Crippen LogP) is 0.399. The van der Waals surface area contributed by atoms with E-state index in [9.17, 15) is 19.8 Å². The Bertz CT molecular complexity index is 512. The van der Waals surface area contributed by atoms with Gasteiger partial charge < -0.3 is 19.7 Å². The molecule has 122 valence electrons. The molecule has 22 heavy (non-hydrogen) atoms. The molecule has 0 spiro atoms. The third-order valence-corrected chi connectivity index (χ3v) is 4.82. The minimum atomic E-state index is -1.06. The molecule has 7 nitrogen and oxygen atoms in total. The summed E-state index contributed by atoms with van der Waals surface area (Å²) in [5.74, 6) is -0.506. The summed E-state index contributed by atoms with van der Waals surface area (Å²) in [4.78, 5) is 29.4. The molecule has 2 rings (SSSR count). The van der Waals surface area contributed by atoms with Gasteiger partial charge in [0.25, 0.3) is 5.91 Å². The monoisotopic (exact) mass is 327 g/mol. The molecule has 1 aliphatic rings. The fraction of sp³-hybridized carbons (Fsp3) is 0.643. The van der Waals surface area contributed by atoms with Gasteiger partial charge in [0.15, 0.2) is 0 Å². The molecule has 0 radical (unpaired) electrons. The van der Waals surface area contributed by atoms with E-state index in [0.29, 0.717) is 32.4 Å². The van der Waals surface area contributed by atoms with Crippen LogP contribution in [0.3, 0.4) is 0 Å². The molecule has 2 N–H and O–H groups in total. The number of thioether (sulfide) groups is 1. The third-order valence-electron chi connectivity index (χ3n) is 4.18. The summed E-state index contributed by atoms with van der Waals surface area (Å²) in [7, 11) is 0. The number of aliphatic hydroxyl groups excluding tert-OH is 1. The zero-order chi connectivity index (χ0) is 16.2. The average molecular weight is 327 g/mol. The highest BCUT2D eigenvalue weighted by Crippen LogP contribution is 2.31. The van der Waals surface area contributed by atoms with E-state index in [0.717, 1.165) is 5.75 Å². The number of amides is 1. The number of imidazole rings is 1. The summed E-state index contributed by atoms with van der Waals surface area (Å²) in [6.45, 7) is 0.638. The molecule has 0 saturated carbocycles. The van der Waals surface area contributed by atoms with Gasteiger partial charge in [0, 0.05) is 25.5 Å². The Morgan fingerprint density at radius 3 is 2.59 bits per heavy atom. The summed E-state index contributed by atoms with van der Waals surface area (Å²) < 4.78 is 1.60. The number of carbonyl (C=O) groups is 2. The summed E-state index contributed by atoms with van der Waals surface area (Å²) in [6.07, 6.45) is 6.64. The van der Waals surface area contributed by atoms with Crippen molar-refractivity contribution in [3.63, 3.8) is 0 Å². The minimum absolute atomic E-state index is 0.305. The second kappa shape index (κ2) is 7.15. The number of aliphatic hydroxyl groups is 1. The van der Waals surface area contributed by atoms with Crippen molar-refractivity contribution >= 4 is 23.6 Å². The smallest absolute Gasteiger partial charge is 0.330 e. The zero-order valence-corrected chi connectivity index (χ0v) is 13.3. The summed E-state index contributed by atoms with van der Waals surface area (Å²) >= 11 is 1.58. The van der Waals surface area contributed by atoms with E-state index in [1.54, 1.807) is 33.6 Å². The highest BCUT2D eigenvalue weighted by atomic mass is 32.2. The molecule has 0 unspecified atom stereocenters. The molecule has 1 atom stereocenters. The van der Waals surface area contributed by atoms with Crippen molar-refractivity contribution < 1.29 is 19.8 Å². The molecular weight excluding hydrogens is 306 g/mol. The maximum absolute atomic E-state index is 12.2. The van der Waals surface area contributed by atoms with Crippen molar-refractivity contribution in [3.8, 4) is 0 Å². The number of piperidine rings is 1. The van der Waals surface area contributed by atoms with Crippen molar-refractivity contribution in [1.82, 2.24) is 14.5 Å². The van der Waals surface area contributed by atoms with Gasteiger partial charge in [-0.2, -0.15) is 11.8 Å². The Hall–Kier alpha value is -1.54. The lowest BCUT2D eigenvalue weighted by molar-refractivity contribution is -0.154. The van der Waals surface area contributed by atoms with Gasteiger partial charge in [-0.15, -0.1) is 0 Å². The Morgan fingerprint density at radius 2 is 2.09 bits per heavy atom. The van der Waals surface area contributed by atoms with Crippen LogP contribution < -0.4 is 0 Å². The first-order valence-corrected chi connectivity index (χ1v) is 8.58. The molecule has 8 heteroatoms. The van der Waals surface area contributed by atoms with E-state index < -0.39 is 17.6 Å². The topological polar surface area (TPSA) is 95.7 Å². The number of aliphatic carboxylic acids is 1. The second-order valence-corrected chi connectivity index (χ2v) is 6.41. The molecule has 1 aromatic heterocycles. The first-order valence-electron chi connectivity index (χ1n) is 7.19. The minimum Gasteiger partial charge on any atom is -0.479 e. The lowest BCUT2D eigenvalue weighted by atomic mass is 9.87. The molecular formula is C14H21N3O4S. The van der Waals surface area contributed by atoms with Gasteiger partial charge in [-0.3, -0.25) is 4.79 Å². The van der Waals surface area contributed by atoms with E-state index in [1.807, 2.05) is 6.26 Å². The second-order valence-electron chi connectivity index (χ2n) is 5.43. The summed E-state index contributed by atoms with van der Waals surface area (Å²) in [5.41, 5.74) is -1.06. The molecule has 0 aliphatic carbocycles. The van der Waals surface area contributed by atoms with Crippen LogP contribution in [0.25, 0.3) is 0 Å². The Balaban J connectivity index is 2.02. The lowest BCUT2D eigenvalue weighted by Gasteiger charge is -2.40. The maximum Gasteiger partial charge on any atom is 0.330 e. The van der Waals surface area contributed by atoms with Crippen LogP contribution in [0, 0.1) is 0 Å². The van der Waals surface area contributed by atoms with Crippen LogP contribution in [0.2, 0.25) is 0 Å². The quantitative estimate of drug-likeness (QED) is 0.785. The highest BCUT2D eigenvalue weighted by molar-refractivity contribution is 7.98. The van der Waals surface area contributed by atoms with Gasteiger partial charge >= 0.3 is 5.97 Å². The van der Waals surface area contributed by atoms with Crippen molar-refractivity contribution in [1.29, 1.82) is 0 Å². The predicted molar refractivity (Wildman–Crippen MR) is 82.7 cm³/mol. The van der Waals surface area contributed by atoms with Gasteiger partial charge in [0.05, 0.1) is 6.33 Å². The van der Waals surface area contributed by atoms with Crippen LogP contribution in [0.15, 0.2) is 18.7 Å². The van der Waals surface area contributed by atoms with Gasteiger partial charge in [-0.25, -0.2) is 9.78 Å². The van der Waals surface area contributed by atoms with Gasteiger partial charge in [-0.05, 0) is 31.3 Å². The van der Waals surface area contributed by atoms with E-state index in [-0.39, 0.29) is 5.91 Å². The largest absolute Gasteiger partial charge is 0.479 e. The molecule has 1 aliphatic heterocycles. The molecule has 1 saturated heterocycles. The molecule has 0 aromatic carbocycles. The van der Waals surface area contributed by atoms with Crippen molar-refractivity contribution in [2.24, 2.45) is 0 Å². The Labute approximate surface area is 133 Å². The molecule has 1 aromatic rings. The van der Waals surface area contributed by atoms with E-state index in [2.05, 4.69) is 4.98 Å². The van der Waals surface area contributed by atoms with Crippen LogP contribution in [0.5, 0.6) is 0 Å². The lowest BCUT2D eigenvalue weighted by Crippen LogP contribution is -2.53. The highest BCUT2D eigenvalue weighted by Gasteiger charge is 2.44. The first-order chi connectivity index (χ1) is 10.5. The summed E-state index contributed by atoms with van der Waals surface area (Å²) in [6, 6.07) is 0. The Kier molecular flexibility index (Phi) is 5.47. The van der Waals surface area contributed by atoms with Crippen molar-refractivity contribution in [3.05, 3.63) is 18.7 Å². The van der Waals surface area contributed by atoms with Gasteiger partial charge in [0.2, 0.25) is 0 Å². The fourth-order valence-electron chi connectivity index (χ4n) is 2.76. The molecule has 1 fully saturated rings. The summed E-state index contributed by atoms with van der Waals surface area (Å²) in [5, 5.41) is 19.5. The van der Waals surface area contributed by atoms with E-state index >= 15 is 0 Å². The van der Waals surface area contributed by atoms with Gasteiger partial charge in [0.1, 0.15) is 11.6 Å². The van der Waals surface area contributed by atoms with Gasteiger partial charge in [-0.1, -0.05) is 0 Å². The number of carboxylic acids is 1. The van der Waals surface area contributed by atoms with Crippen LogP contribution in [-0.4, -0.2) is 67.7 Å². The fourth-order valence-corrected chi connectivity index (χ4v) is 3.21. The number of carboxylic acid groups (broad SMARTS) is 1. The SMILES string of the molecule is CSCC[C@@H](O)C(=O)N1CCC(C(=O)O)(n2ccnc2)CC1. The van der Waals surface area contributed by atoms with Crippen LogP contribution in [0.1, 0.15) is 19.3 Å². The van der Waals surface area contributed by atoms with Crippen LogP contribution in [0.4, 0.5) is 0 Å². The van der Waals surface area contributed by atoms with Crippen LogP contribution in [-0.2, 0) is 15.1 Å². The number of hydrogen-bond donors (Lipinski definition) is 2. The third kappa shape index (κ3) is 3.27. The number of nitrogens with zero attached hydrogens (tertiary/aromatic N) is 3. The number of aromatic nitrogens is 2. The first kappa shape index (κ1) is 16.8. The maximum atomic E-state index is 12.2. The standard InChI is InChI=1S/C14H21N3O4S/c1-22-9-2-11(18)12(19)16-6-3-14(4-7-16,13(20)21)17-8-5-15-10-17/h5,8,10-11,18H,2-4,6-7,9H2,1H3,(H,20,21)/t11-/m1/s1. The van der Waals surface area contributed by atoms with E-state index in [4.69, 9.17) is 0 Å². The van der Waals surface area contributed by atoms with Crippen molar-refractivity contribution in [2.75, 3.05) is 25.1 Å². The van der Waals surface area contributed by atoms with Crippen molar-refractivity contribution in [2.45, 2.75) is 30.9 Å². The molecule has 1 amide bonds. The molecule has 0 bridgehead atoms. The normalized spacial score (nSPS) is 18.9. The number of carbonyl (C=O) groups excluding carboxylic acids is 1. The number of hydrogen-bond acceptors (Lipinski definition) is 5. The van der Waals surface area contributed by atoms with Crippen LogP contribution >= 0.6 is 11.8 Å². The average Bonchev–Trinajstić information content (AvgIpc) is 3.06. The molecule has 2 heterocycles. The Morgan fingerprint density at radius 1 is 1.41 bits per heavy atom. The zero-order valence-electron chi connectivity index (χ0n) is 12.5. The number of rotatable bonds is 6.